The van der Waals surface area contributed by atoms with Gasteiger partial charge in [0, 0.05) is 18.4 Å². The number of esters is 1. The van der Waals surface area contributed by atoms with Gasteiger partial charge >= 0.3 is 5.97 Å². The summed E-state index contributed by atoms with van der Waals surface area (Å²) in [4.78, 5) is 49.0. The number of hydrogen-bond donors (Lipinski definition) is 0. The van der Waals surface area contributed by atoms with E-state index in [9.17, 15) is 19.2 Å². The van der Waals surface area contributed by atoms with Crippen molar-refractivity contribution >= 4 is 29.3 Å². The zero-order valence-corrected chi connectivity index (χ0v) is 15.2. The van der Waals surface area contributed by atoms with E-state index in [0.717, 1.165) is 16.0 Å². The minimum Gasteiger partial charge on any atom is -0.454 e. The average Bonchev–Trinajstić information content (AvgIpc) is 2.98. The van der Waals surface area contributed by atoms with Crippen molar-refractivity contribution < 1.29 is 23.9 Å². The number of carbonyl (C=O) groups is 4. The SMILES string of the molecule is Cc1ccc(C(=O)COC(=O)c2ccc(N3C(=O)CCC3=O)cc2)c(C)c1. The van der Waals surface area contributed by atoms with Gasteiger partial charge in [0.25, 0.3) is 0 Å². The number of Topliss-reactive ketones (excluding diaryl/α,β-unsaturated/α-hetero) is 1. The van der Waals surface area contributed by atoms with Gasteiger partial charge in [-0.3, -0.25) is 19.3 Å². The van der Waals surface area contributed by atoms with Crippen molar-refractivity contribution in [2.75, 3.05) is 11.5 Å². The van der Waals surface area contributed by atoms with Gasteiger partial charge in [-0.25, -0.2) is 4.79 Å². The molecule has 1 saturated heterocycles. The number of benzene rings is 2. The molecular weight excluding hydrogens is 346 g/mol. The van der Waals surface area contributed by atoms with Gasteiger partial charge in [0.15, 0.2) is 6.61 Å². The van der Waals surface area contributed by atoms with E-state index in [2.05, 4.69) is 0 Å². The Balaban J connectivity index is 1.63. The minimum absolute atomic E-state index is 0.198. The number of ketones is 1. The fraction of sp³-hybridized carbons (Fsp3) is 0.238. The quantitative estimate of drug-likeness (QED) is 0.462. The first-order valence-corrected chi connectivity index (χ1v) is 8.60. The Hall–Kier alpha value is -3.28. The highest BCUT2D eigenvalue weighted by Gasteiger charge is 2.30. The van der Waals surface area contributed by atoms with Gasteiger partial charge in [-0.05, 0) is 43.7 Å². The summed E-state index contributed by atoms with van der Waals surface area (Å²) < 4.78 is 5.10. The number of anilines is 1. The lowest BCUT2D eigenvalue weighted by molar-refractivity contribution is -0.121. The normalized spacial score (nSPS) is 13.8. The molecule has 1 aliphatic heterocycles. The van der Waals surface area contributed by atoms with E-state index < -0.39 is 5.97 Å². The molecule has 2 aromatic carbocycles. The van der Waals surface area contributed by atoms with E-state index in [4.69, 9.17) is 4.74 Å². The lowest BCUT2D eigenvalue weighted by Gasteiger charge is -2.14. The summed E-state index contributed by atoms with van der Waals surface area (Å²) in [7, 11) is 0. The van der Waals surface area contributed by atoms with Gasteiger partial charge in [-0.15, -0.1) is 0 Å². The largest absolute Gasteiger partial charge is 0.454 e. The molecule has 27 heavy (non-hydrogen) atoms. The van der Waals surface area contributed by atoms with E-state index in [1.807, 2.05) is 26.0 Å². The Kier molecular flexibility index (Phi) is 5.16. The van der Waals surface area contributed by atoms with Crippen molar-refractivity contribution in [1.82, 2.24) is 0 Å². The molecule has 2 aromatic rings. The Morgan fingerprint density at radius 2 is 1.59 bits per heavy atom. The van der Waals surface area contributed by atoms with E-state index in [1.165, 1.54) is 24.3 Å². The van der Waals surface area contributed by atoms with Crippen molar-refractivity contribution in [2.45, 2.75) is 26.7 Å². The fourth-order valence-corrected chi connectivity index (χ4v) is 3.03. The highest BCUT2D eigenvalue weighted by molar-refractivity contribution is 6.19. The lowest BCUT2D eigenvalue weighted by Crippen LogP contribution is -2.28. The van der Waals surface area contributed by atoms with Gasteiger partial charge in [0.2, 0.25) is 17.6 Å². The molecule has 0 radical (unpaired) electrons. The first kappa shape index (κ1) is 18.5. The number of nitrogens with zero attached hydrogens (tertiary/aromatic N) is 1. The van der Waals surface area contributed by atoms with Crippen molar-refractivity contribution in [2.24, 2.45) is 0 Å². The van der Waals surface area contributed by atoms with Crippen LogP contribution in [0.4, 0.5) is 5.69 Å². The maximum atomic E-state index is 12.3. The van der Waals surface area contributed by atoms with Crippen molar-refractivity contribution in [3.63, 3.8) is 0 Å². The molecule has 1 aliphatic rings. The molecule has 0 saturated carbocycles. The molecule has 6 heteroatoms. The highest BCUT2D eigenvalue weighted by Crippen LogP contribution is 2.23. The first-order chi connectivity index (χ1) is 12.9. The molecular formula is C21H19NO5. The van der Waals surface area contributed by atoms with E-state index in [-0.39, 0.29) is 42.6 Å². The molecule has 1 fully saturated rings. The van der Waals surface area contributed by atoms with Crippen LogP contribution in [0.5, 0.6) is 0 Å². The van der Waals surface area contributed by atoms with E-state index >= 15 is 0 Å². The Morgan fingerprint density at radius 3 is 2.19 bits per heavy atom. The fourth-order valence-electron chi connectivity index (χ4n) is 3.03. The maximum Gasteiger partial charge on any atom is 0.338 e. The molecule has 1 heterocycles. The van der Waals surface area contributed by atoms with Crippen LogP contribution in [0, 0.1) is 13.8 Å². The predicted octanol–water partition coefficient (Wildman–Crippen LogP) is 3.00. The zero-order chi connectivity index (χ0) is 19.6. The predicted molar refractivity (Wildman–Crippen MR) is 98.7 cm³/mol. The molecule has 0 unspecified atom stereocenters. The number of amides is 2. The summed E-state index contributed by atoms with van der Waals surface area (Å²) in [5.41, 5.74) is 3.07. The molecule has 6 nitrogen and oxygen atoms in total. The molecule has 3 rings (SSSR count). The van der Waals surface area contributed by atoms with Crippen LogP contribution in [-0.4, -0.2) is 30.2 Å². The molecule has 0 aliphatic carbocycles. The third kappa shape index (κ3) is 3.95. The number of rotatable bonds is 5. The molecule has 138 valence electrons. The van der Waals surface area contributed by atoms with Crippen LogP contribution >= 0.6 is 0 Å². The number of hydrogen-bond acceptors (Lipinski definition) is 5. The Bertz CT molecular complexity index is 914. The van der Waals surface area contributed by atoms with Crippen molar-refractivity contribution in [3.8, 4) is 0 Å². The number of imide groups is 1. The molecule has 0 N–H and O–H groups in total. The van der Waals surface area contributed by atoms with Crippen LogP contribution < -0.4 is 4.90 Å². The second-order valence-corrected chi connectivity index (χ2v) is 6.49. The zero-order valence-electron chi connectivity index (χ0n) is 15.2. The molecule has 0 aromatic heterocycles. The van der Waals surface area contributed by atoms with Crippen LogP contribution in [-0.2, 0) is 14.3 Å². The minimum atomic E-state index is -0.640. The van der Waals surface area contributed by atoms with Gasteiger partial charge < -0.3 is 4.74 Å². The summed E-state index contributed by atoms with van der Waals surface area (Å²) in [5.74, 6) is -1.42. The van der Waals surface area contributed by atoms with Crippen LogP contribution in [0.25, 0.3) is 0 Å². The monoisotopic (exact) mass is 365 g/mol. The summed E-state index contributed by atoms with van der Waals surface area (Å²) in [6.07, 6.45) is 0.395. The van der Waals surface area contributed by atoms with Gasteiger partial charge in [0.1, 0.15) is 0 Å². The number of aryl methyl sites for hydroxylation is 2. The number of carbonyl (C=O) groups excluding carboxylic acids is 4. The second-order valence-electron chi connectivity index (χ2n) is 6.49. The Labute approximate surface area is 156 Å². The van der Waals surface area contributed by atoms with Gasteiger partial charge in [-0.1, -0.05) is 23.8 Å². The molecule has 2 amide bonds. The highest BCUT2D eigenvalue weighted by atomic mass is 16.5. The molecule has 0 spiro atoms. The van der Waals surface area contributed by atoms with Crippen LogP contribution in [0.3, 0.4) is 0 Å². The van der Waals surface area contributed by atoms with Crippen LogP contribution in [0.2, 0.25) is 0 Å². The topological polar surface area (TPSA) is 80.8 Å². The van der Waals surface area contributed by atoms with Crippen molar-refractivity contribution in [3.05, 3.63) is 64.7 Å². The smallest absolute Gasteiger partial charge is 0.338 e. The van der Waals surface area contributed by atoms with Gasteiger partial charge in [-0.2, -0.15) is 0 Å². The summed E-state index contributed by atoms with van der Waals surface area (Å²) in [6, 6.07) is 11.4. The third-order valence-electron chi connectivity index (χ3n) is 4.43. The Morgan fingerprint density at radius 1 is 0.963 bits per heavy atom. The second kappa shape index (κ2) is 7.53. The van der Waals surface area contributed by atoms with Crippen LogP contribution in [0.15, 0.2) is 42.5 Å². The standard InChI is InChI=1S/C21H19NO5/c1-13-3-8-17(14(2)11-13)18(23)12-27-21(26)15-4-6-16(7-5-15)22-19(24)9-10-20(22)25/h3-8,11H,9-10,12H2,1-2H3. The lowest BCUT2D eigenvalue weighted by atomic mass is 10.0. The molecule has 0 bridgehead atoms. The summed E-state index contributed by atoms with van der Waals surface area (Å²) in [6.45, 7) is 3.42. The van der Waals surface area contributed by atoms with Crippen molar-refractivity contribution in [1.29, 1.82) is 0 Å². The van der Waals surface area contributed by atoms with E-state index in [1.54, 1.807) is 6.07 Å². The number of ether oxygens (including phenoxy) is 1. The van der Waals surface area contributed by atoms with Crippen LogP contribution in [0.1, 0.15) is 44.7 Å². The van der Waals surface area contributed by atoms with E-state index in [0.29, 0.717) is 11.3 Å². The average molecular weight is 365 g/mol. The molecule has 0 atom stereocenters. The first-order valence-electron chi connectivity index (χ1n) is 8.60. The third-order valence-corrected chi connectivity index (χ3v) is 4.43. The summed E-state index contributed by atoms with van der Waals surface area (Å²) in [5, 5.41) is 0. The summed E-state index contributed by atoms with van der Waals surface area (Å²) >= 11 is 0. The maximum absolute atomic E-state index is 12.3. The van der Waals surface area contributed by atoms with Gasteiger partial charge in [0.05, 0.1) is 11.3 Å².